The molecule has 0 bridgehead atoms. The molecule has 1 aromatic rings. The molecule has 0 aromatic heterocycles. The molecule has 0 saturated heterocycles. The lowest BCUT2D eigenvalue weighted by atomic mass is 10.0. The topological polar surface area (TPSA) is 55.1 Å². The van der Waals surface area contributed by atoms with Crippen LogP contribution in [0.2, 0.25) is 0 Å². The fraction of sp³-hybridized carbons (Fsp3) is 0.462. The van der Waals surface area contributed by atoms with Crippen LogP contribution < -0.4 is 11.1 Å². The summed E-state index contributed by atoms with van der Waals surface area (Å²) in [5.41, 5.74) is 7.13. The fourth-order valence-electron chi connectivity index (χ4n) is 2.33. The number of benzene rings is 1. The van der Waals surface area contributed by atoms with Crippen LogP contribution in [0.15, 0.2) is 22.7 Å². The molecule has 2 rings (SSSR count). The van der Waals surface area contributed by atoms with Crippen molar-refractivity contribution in [1.82, 2.24) is 0 Å². The van der Waals surface area contributed by atoms with Crippen molar-refractivity contribution in [3.63, 3.8) is 0 Å². The number of hydrogen-bond acceptors (Lipinski definition) is 2. The molecule has 3 N–H and O–H groups in total. The summed E-state index contributed by atoms with van der Waals surface area (Å²) in [7, 11) is 0. The number of nitrogen functional groups attached to an aromatic ring is 1. The van der Waals surface area contributed by atoms with Crippen LogP contribution in [-0.2, 0) is 4.79 Å². The first-order valence-electron chi connectivity index (χ1n) is 6.00. The lowest BCUT2D eigenvalue weighted by Crippen LogP contribution is -2.16. The molecule has 1 fully saturated rings. The number of halogens is 1. The van der Waals surface area contributed by atoms with E-state index in [2.05, 4.69) is 21.2 Å². The van der Waals surface area contributed by atoms with Gasteiger partial charge in [-0.3, -0.25) is 4.79 Å². The Bertz CT molecular complexity index is 414. The minimum absolute atomic E-state index is 0.0749. The van der Waals surface area contributed by atoms with E-state index in [0.717, 1.165) is 4.47 Å². The molecular weight excluding hydrogens is 280 g/mol. The quantitative estimate of drug-likeness (QED) is 0.838. The van der Waals surface area contributed by atoms with E-state index in [4.69, 9.17) is 5.73 Å². The highest BCUT2D eigenvalue weighted by atomic mass is 79.9. The molecule has 0 unspecified atom stereocenters. The van der Waals surface area contributed by atoms with Crippen molar-refractivity contribution in [3.8, 4) is 0 Å². The largest absolute Gasteiger partial charge is 0.397 e. The lowest BCUT2D eigenvalue weighted by Gasteiger charge is -2.11. The van der Waals surface area contributed by atoms with Crippen LogP contribution in [-0.4, -0.2) is 5.91 Å². The minimum atomic E-state index is 0.0749. The van der Waals surface area contributed by atoms with Crippen molar-refractivity contribution < 1.29 is 4.79 Å². The number of carbonyl (C=O) groups is 1. The summed E-state index contributed by atoms with van der Waals surface area (Å²) in [5.74, 6) is 0.637. The summed E-state index contributed by atoms with van der Waals surface area (Å²) in [6.45, 7) is 0. The molecule has 0 heterocycles. The van der Waals surface area contributed by atoms with E-state index in [1.54, 1.807) is 6.07 Å². The van der Waals surface area contributed by atoms with Gasteiger partial charge in [0.15, 0.2) is 0 Å². The van der Waals surface area contributed by atoms with Gasteiger partial charge in [-0.15, -0.1) is 0 Å². The van der Waals surface area contributed by atoms with E-state index in [1.807, 2.05) is 12.1 Å². The maximum Gasteiger partial charge on any atom is 0.224 e. The summed E-state index contributed by atoms with van der Waals surface area (Å²) < 4.78 is 0.920. The van der Waals surface area contributed by atoms with Crippen LogP contribution >= 0.6 is 15.9 Å². The van der Waals surface area contributed by atoms with Crippen LogP contribution in [0.1, 0.15) is 32.1 Å². The van der Waals surface area contributed by atoms with Gasteiger partial charge in [0.25, 0.3) is 0 Å². The number of carbonyl (C=O) groups excluding carboxylic acids is 1. The van der Waals surface area contributed by atoms with E-state index >= 15 is 0 Å². The molecule has 1 aliphatic rings. The summed E-state index contributed by atoms with van der Waals surface area (Å²) in [5, 5.41) is 2.88. The first-order valence-corrected chi connectivity index (χ1v) is 6.79. The molecule has 1 aromatic carbocycles. The Kier molecular flexibility index (Phi) is 4.05. The Hall–Kier alpha value is -1.03. The van der Waals surface area contributed by atoms with Gasteiger partial charge >= 0.3 is 0 Å². The molecule has 1 aliphatic carbocycles. The monoisotopic (exact) mass is 296 g/mol. The van der Waals surface area contributed by atoms with Crippen molar-refractivity contribution in [1.29, 1.82) is 0 Å². The van der Waals surface area contributed by atoms with Gasteiger partial charge < -0.3 is 11.1 Å². The smallest absolute Gasteiger partial charge is 0.224 e. The van der Waals surface area contributed by atoms with Gasteiger partial charge in [-0.25, -0.2) is 0 Å². The third-order valence-electron chi connectivity index (χ3n) is 3.24. The maximum absolute atomic E-state index is 11.8. The van der Waals surface area contributed by atoms with Crippen molar-refractivity contribution in [2.75, 3.05) is 11.1 Å². The molecule has 0 radical (unpaired) electrons. The Morgan fingerprint density at radius 2 is 2.12 bits per heavy atom. The van der Waals surface area contributed by atoms with Crippen LogP contribution in [0.3, 0.4) is 0 Å². The van der Waals surface area contributed by atoms with Gasteiger partial charge in [0.1, 0.15) is 0 Å². The van der Waals surface area contributed by atoms with Crippen LogP contribution in [0.25, 0.3) is 0 Å². The molecule has 1 saturated carbocycles. The highest BCUT2D eigenvalue weighted by Gasteiger charge is 2.18. The zero-order valence-electron chi connectivity index (χ0n) is 9.71. The third-order valence-corrected chi connectivity index (χ3v) is 3.73. The van der Waals surface area contributed by atoms with E-state index in [0.29, 0.717) is 23.7 Å². The van der Waals surface area contributed by atoms with Crippen LogP contribution in [0.5, 0.6) is 0 Å². The van der Waals surface area contributed by atoms with E-state index in [9.17, 15) is 4.79 Å². The van der Waals surface area contributed by atoms with E-state index in [1.165, 1.54) is 25.7 Å². The van der Waals surface area contributed by atoms with Gasteiger partial charge in [0, 0.05) is 10.9 Å². The molecular formula is C13H17BrN2O. The first kappa shape index (κ1) is 12.4. The highest BCUT2D eigenvalue weighted by molar-refractivity contribution is 9.10. The Morgan fingerprint density at radius 1 is 1.41 bits per heavy atom. The highest BCUT2D eigenvalue weighted by Crippen LogP contribution is 2.28. The second-order valence-electron chi connectivity index (χ2n) is 4.63. The second-order valence-corrected chi connectivity index (χ2v) is 5.55. The average molecular weight is 297 g/mol. The van der Waals surface area contributed by atoms with Crippen molar-refractivity contribution in [3.05, 3.63) is 22.7 Å². The standard InChI is InChI=1S/C13H17BrN2O/c14-10-5-6-12(11(15)8-10)16-13(17)7-9-3-1-2-4-9/h5-6,8-9H,1-4,7,15H2,(H,16,17). The lowest BCUT2D eigenvalue weighted by molar-refractivity contribution is -0.117. The summed E-state index contributed by atoms with van der Waals surface area (Å²) in [6.07, 6.45) is 5.51. The maximum atomic E-state index is 11.8. The SMILES string of the molecule is Nc1cc(Br)ccc1NC(=O)CC1CCCC1. The molecule has 3 nitrogen and oxygen atoms in total. The van der Waals surface area contributed by atoms with Crippen molar-refractivity contribution >= 4 is 33.2 Å². The number of nitrogens with one attached hydrogen (secondary N) is 1. The zero-order chi connectivity index (χ0) is 12.3. The fourth-order valence-corrected chi connectivity index (χ4v) is 2.70. The normalized spacial score (nSPS) is 16.1. The molecule has 1 amide bonds. The molecule has 17 heavy (non-hydrogen) atoms. The van der Waals surface area contributed by atoms with E-state index in [-0.39, 0.29) is 5.91 Å². The third kappa shape index (κ3) is 3.46. The Morgan fingerprint density at radius 3 is 2.76 bits per heavy atom. The number of hydrogen-bond donors (Lipinski definition) is 2. The predicted molar refractivity (Wildman–Crippen MR) is 73.8 cm³/mol. The number of nitrogens with two attached hydrogens (primary N) is 1. The van der Waals surface area contributed by atoms with Crippen molar-refractivity contribution in [2.24, 2.45) is 5.92 Å². The van der Waals surface area contributed by atoms with Gasteiger partial charge in [0.05, 0.1) is 11.4 Å². The van der Waals surface area contributed by atoms with E-state index < -0.39 is 0 Å². The minimum Gasteiger partial charge on any atom is -0.397 e. The second kappa shape index (κ2) is 5.54. The number of rotatable bonds is 3. The van der Waals surface area contributed by atoms with Crippen LogP contribution in [0, 0.1) is 5.92 Å². The Labute approximate surface area is 110 Å². The van der Waals surface area contributed by atoms with Gasteiger partial charge in [-0.2, -0.15) is 0 Å². The summed E-state index contributed by atoms with van der Waals surface area (Å²) >= 11 is 3.34. The zero-order valence-corrected chi connectivity index (χ0v) is 11.3. The molecule has 4 heteroatoms. The molecule has 0 atom stereocenters. The summed E-state index contributed by atoms with van der Waals surface area (Å²) in [6, 6.07) is 5.50. The predicted octanol–water partition coefficient (Wildman–Crippen LogP) is 3.55. The Balaban J connectivity index is 1.93. The number of anilines is 2. The van der Waals surface area contributed by atoms with Crippen LogP contribution in [0.4, 0.5) is 11.4 Å². The molecule has 0 spiro atoms. The van der Waals surface area contributed by atoms with Gasteiger partial charge in [-0.05, 0) is 37.0 Å². The first-order chi connectivity index (χ1) is 8.15. The van der Waals surface area contributed by atoms with Gasteiger partial charge in [-0.1, -0.05) is 28.8 Å². The number of amides is 1. The summed E-state index contributed by atoms with van der Waals surface area (Å²) in [4.78, 5) is 11.8. The average Bonchev–Trinajstić information content (AvgIpc) is 2.75. The van der Waals surface area contributed by atoms with Crippen molar-refractivity contribution in [2.45, 2.75) is 32.1 Å². The van der Waals surface area contributed by atoms with Gasteiger partial charge in [0.2, 0.25) is 5.91 Å². The molecule has 92 valence electrons. The molecule has 0 aliphatic heterocycles.